The van der Waals surface area contributed by atoms with Crippen LogP contribution in [0, 0.1) is 0 Å². The molecule has 5 heteroatoms. The maximum atomic E-state index is 11.1. The number of ether oxygens (including phenoxy) is 1. The van der Waals surface area contributed by atoms with Gasteiger partial charge in [0.2, 0.25) is 0 Å². The lowest BCUT2D eigenvalue weighted by molar-refractivity contribution is -0.131. The van der Waals surface area contributed by atoms with Crippen LogP contribution in [-0.2, 0) is 9.53 Å². The van der Waals surface area contributed by atoms with Gasteiger partial charge in [-0.25, -0.2) is 9.59 Å². The monoisotopic (exact) mass is 249 g/mol. The van der Waals surface area contributed by atoms with Gasteiger partial charge >= 0.3 is 12.1 Å². The normalized spacial score (nSPS) is 12.1. The van der Waals surface area contributed by atoms with Crippen LogP contribution in [0.3, 0.4) is 0 Å². The molecule has 0 aliphatic heterocycles. The van der Waals surface area contributed by atoms with Gasteiger partial charge in [0.05, 0.1) is 13.2 Å². The SMILES string of the molecule is COC(=O)NC(C)c1cccc(/C=C/C(=O)O)c1. The van der Waals surface area contributed by atoms with Gasteiger partial charge in [0, 0.05) is 6.08 Å². The summed E-state index contributed by atoms with van der Waals surface area (Å²) >= 11 is 0. The van der Waals surface area contributed by atoms with Crippen LogP contribution in [0.15, 0.2) is 30.3 Å². The van der Waals surface area contributed by atoms with Crippen molar-refractivity contribution in [1.82, 2.24) is 5.32 Å². The van der Waals surface area contributed by atoms with Crippen LogP contribution in [0.1, 0.15) is 24.1 Å². The fourth-order valence-electron chi connectivity index (χ4n) is 1.42. The second-order valence-electron chi connectivity index (χ2n) is 3.70. The summed E-state index contributed by atoms with van der Waals surface area (Å²) in [5, 5.41) is 11.2. The number of hydrogen-bond donors (Lipinski definition) is 2. The van der Waals surface area contributed by atoms with Gasteiger partial charge in [-0.15, -0.1) is 0 Å². The fraction of sp³-hybridized carbons (Fsp3) is 0.231. The van der Waals surface area contributed by atoms with Crippen LogP contribution in [0.4, 0.5) is 4.79 Å². The Morgan fingerprint density at radius 3 is 2.78 bits per heavy atom. The molecule has 0 aliphatic rings. The number of methoxy groups -OCH3 is 1. The second-order valence-corrected chi connectivity index (χ2v) is 3.70. The third-order valence-corrected chi connectivity index (χ3v) is 2.35. The van der Waals surface area contributed by atoms with E-state index in [1.807, 2.05) is 13.0 Å². The Labute approximate surface area is 105 Å². The van der Waals surface area contributed by atoms with Crippen LogP contribution < -0.4 is 5.32 Å². The minimum Gasteiger partial charge on any atom is -0.478 e. The predicted octanol–water partition coefficient (Wildman–Crippen LogP) is 2.20. The highest BCUT2D eigenvalue weighted by atomic mass is 16.5. The molecule has 0 spiro atoms. The van der Waals surface area contributed by atoms with Crippen molar-refractivity contribution < 1.29 is 19.4 Å². The Bertz CT molecular complexity index is 468. The van der Waals surface area contributed by atoms with Crippen LogP contribution in [0.2, 0.25) is 0 Å². The van der Waals surface area contributed by atoms with E-state index in [4.69, 9.17) is 5.11 Å². The molecule has 0 saturated carbocycles. The first-order valence-electron chi connectivity index (χ1n) is 5.38. The summed E-state index contributed by atoms with van der Waals surface area (Å²) in [5.74, 6) is -0.999. The maximum Gasteiger partial charge on any atom is 0.407 e. The zero-order valence-corrected chi connectivity index (χ0v) is 10.2. The summed E-state index contributed by atoms with van der Waals surface area (Å²) in [7, 11) is 1.30. The molecule has 5 nitrogen and oxygen atoms in total. The molecule has 1 amide bonds. The summed E-state index contributed by atoms with van der Waals surface area (Å²) in [6, 6.07) is 7.02. The lowest BCUT2D eigenvalue weighted by Crippen LogP contribution is -2.26. The molecular formula is C13H15NO4. The van der Waals surface area contributed by atoms with Gasteiger partial charge in [-0.1, -0.05) is 18.2 Å². The van der Waals surface area contributed by atoms with Gasteiger partial charge in [0.15, 0.2) is 0 Å². The maximum absolute atomic E-state index is 11.1. The molecule has 0 aliphatic carbocycles. The topological polar surface area (TPSA) is 75.6 Å². The number of carboxylic acids is 1. The molecule has 0 bridgehead atoms. The average molecular weight is 249 g/mol. The molecule has 0 radical (unpaired) electrons. The van der Waals surface area contributed by atoms with Crippen molar-refractivity contribution in [2.24, 2.45) is 0 Å². The molecule has 96 valence electrons. The minimum absolute atomic E-state index is 0.212. The number of carboxylic acid groups (broad SMARTS) is 1. The van der Waals surface area contributed by atoms with Gasteiger partial charge < -0.3 is 15.2 Å². The van der Waals surface area contributed by atoms with Crippen LogP contribution >= 0.6 is 0 Å². The van der Waals surface area contributed by atoms with Crippen LogP contribution in [0.5, 0.6) is 0 Å². The van der Waals surface area contributed by atoms with E-state index in [-0.39, 0.29) is 6.04 Å². The number of amides is 1. The Morgan fingerprint density at radius 2 is 2.17 bits per heavy atom. The molecule has 1 unspecified atom stereocenters. The second kappa shape index (κ2) is 6.44. The molecule has 1 rings (SSSR count). The first-order chi connectivity index (χ1) is 8.52. The number of carbonyl (C=O) groups is 2. The quantitative estimate of drug-likeness (QED) is 0.802. The smallest absolute Gasteiger partial charge is 0.407 e. The van der Waals surface area contributed by atoms with E-state index < -0.39 is 12.1 Å². The number of nitrogens with one attached hydrogen (secondary N) is 1. The van der Waals surface area contributed by atoms with Crippen molar-refractivity contribution in [1.29, 1.82) is 0 Å². The Balaban J connectivity index is 2.81. The van der Waals surface area contributed by atoms with Gasteiger partial charge in [-0.3, -0.25) is 0 Å². The summed E-state index contributed by atoms with van der Waals surface area (Å²) in [4.78, 5) is 21.5. The number of hydrogen-bond acceptors (Lipinski definition) is 3. The molecule has 0 heterocycles. The Kier molecular flexibility index (Phi) is 4.92. The van der Waals surface area contributed by atoms with E-state index in [0.717, 1.165) is 17.2 Å². The van der Waals surface area contributed by atoms with E-state index in [1.165, 1.54) is 13.2 Å². The minimum atomic E-state index is -0.999. The molecule has 1 aromatic rings. The summed E-state index contributed by atoms with van der Waals surface area (Å²) < 4.78 is 4.51. The number of rotatable bonds is 4. The predicted molar refractivity (Wildman–Crippen MR) is 67.1 cm³/mol. The number of alkyl carbamates (subject to hydrolysis) is 1. The number of carbonyl (C=O) groups excluding carboxylic acids is 1. The number of aliphatic carboxylic acids is 1. The molecule has 0 aromatic heterocycles. The third kappa shape index (κ3) is 4.29. The van der Waals surface area contributed by atoms with E-state index in [0.29, 0.717) is 0 Å². The van der Waals surface area contributed by atoms with Gasteiger partial charge in [-0.05, 0) is 30.2 Å². The van der Waals surface area contributed by atoms with Gasteiger partial charge in [0.25, 0.3) is 0 Å². The summed E-state index contributed by atoms with van der Waals surface area (Å²) in [5.41, 5.74) is 1.63. The van der Waals surface area contributed by atoms with Crippen LogP contribution in [-0.4, -0.2) is 24.3 Å². The molecule has 1 aromatic carbocycles. The molecule has 0 saturated heterocycles. The van der Waals surface area contributed by atoms with Crippen molar-refractivity contribution in [3.63, 3.8) is 0 Å². The van der Waals surface area contributed by atoms with E-state index >= 15 is 0 Å². The number of benzene rings is 1. The fourth-order valence-corrected chi connectivity index (χ4v) is 1.42. The van der Waals surface area contributed by atoms with Crippen molar-refractivity contribution in [3.8, 4) is 0 Å². The summed E-state index contributed by atoms with van der Waals surface area (Å²) in [6.07, 6.45) is 2.06. The molecule has 1 atom stereocenters. The van der Waals surface area contributed by atoms with Gasteiger partial charge in [-0.2, -0.15) is 0 Å². The molecule has 0 fully saturated rings. The zero-order chi connectivity index (χ0) is 13.5. The van der Waals surface area contributed by atoms with Crippen molar-refractivity contribution in [2.45, 2.75) is 13.0 Å². The van der Waals surface area contributed by atoms with Crippen LogP contribution in [0.25, 0.3) is 6.08 Å². The highest BCUT2D eigenvalue weighted by Crippen LogP contribution is 2.15. The highest BCUT2D eigenvalue weighted by molar-refractivity contribution is 5.85. The zero-order valence-electron chi connectivity index (χ0n) is 10.2. The summed E-state index contributed by atoms with van der Waals surface area (Å²) in [6.45, 7) is 1.82. The first kappa shape index (κ1) is 13.8. The largest absolute Gasteiger partial charge is 0.478 e. The lowest BCUT2D eigenvalue weighted by Gasteiger charge is -2.13. The van der Waals surface area contributed by atoms with E-state index in [1.54, 1.807) is 18.2 Å². The third-order valence-electron chi connectivity index (χ3n) is 2.35. The van der Waals surface area contributed by atoms with Crippen molar-refractivity contribution in [3.05, 3.63) is 41.5 Å². The molecule has 18 heavy (non-hydrogen) atoms. The van der Waals surface area contributed by atoms with E-state index in [9.17, 15) is 9.59 Å². The standard InChI is InChI=1S/C13H15NO4/c1-9(14-13(17)18-2)11-5-3-4-10(8-11)6-7-12(15)16/h3-9H,1-2H3,(H,14,17)(H,15,16)/b7-6+. The van der Waals surface area contributed by atoms with Crippen molar-refractivity contribution >= 4 is 18.1 Å². The highest BCUT2D eigenvalue weighted by Gasteiger charge is 2.09. The van der Waals surface area contributed by atoms with Crippen molar-refractivity contribution in [2.75, 3.05) is 7.11 Å². The Hall–Kier alpha value is -2.30. The lowest BCUT2D eigenvalue weighted by atomic mass is 10.1. The first-order valence-corrected chi connectivity index (χ1v) is 5.38. The Morgan fingerprint density at radius 1 is 1.44 bits per heavy atom. The van der Waals surface area contributed by atoms with Gasteiger partial charge in [0.1, 0.15) is 0 Å². The molecular weight excluding hydrogens is 234 g/mol. The molecule has 2 N–H and O–H groups in total. The average Bonchev–Trinajstić information content (AvgIpc) is 2.36. The van der Waals surface area contributed by atoms with E-state index in [2.05, 4.69) is 10.1 Å².